The van der Waals surface area contributed by atoms with Gasteiger partial charge in [0.15, 0.2) is 10.1 Å². The molecule has 2 aromatic heterocycles. The molecule has 0 fully saturated rings. The Balaban J connectivity index is 2.59. The highest BCUT2D eigenvalue weighted by Gasteiger charge is 2.09. The van der Waals surface area contributed by atoms with Crippen LogP contribution < -0.4 is 5.73 Å². The molecule has 2 rings (SSSR count). The Bertz CT molecular complexity index is 392. The van der Waals surface area contributed by atoms with Crippen LogP contribution >= 0.6 is 22.9 Å². The lowest BCUT2D eigenvalue weighted by Gasteiger charge is -1.94. The maximum atomic E-state index is 5.91. The topological polar surface area (TPSA) is 43.3 Å². The van der Waals surface area contributed by atoms with Gasteiger partial charge in [0.05, 0.1) is 5.69 Å². The fourth-order valence-electron chi connectivity index (χ4n) is 1.17. The van der Waals surface area contributed by atoms with Gasteiger partial charge in [-0.25, -0.2) is 4.98 Å². The number of imidazole rings is 1. The number of hydrogen-bond acceptors (Lipinski definition) is 3. The number of aromatic nitrogens is 2. The lowest BCUT2D eigenvalue weighted by molar-refractivity contribution is 0.909. The minimum Gasteiger partial charge on any atom is -0.330 e. The fourth-order valence-corrected chi connectivity index (χ4v) is 2.22. The smallest absolute Gasteiger partial charge is 0.195 e. The zero-order valence-corrected chi connectivity index (χ0v) is 7.90. The normalized spacial score (nSPS) is 11.2. The van der Waals surface area contributed by atoms with Gasteiger partial charge in [-0.05, 0) is 6.54 Å². The van der Waals surface area contributed by atoms with E-state index in [1.807, 2.05) is 16.0 Å². The summed E-state index contributed by atoms with van der Waals surface area (Å²) in [5, 5.41) is 2.56. The van der Waals surface area contributed by atoms with Crippen molar-refractivity contribution >= 4 is 27.9 Å². The Labute approximate surface area is 78.8 Å². The molecule has 12 heavy (non-hydrogen) atoms. The first-order valence-electron chi connectivity index (χ1n) is 3.63. The van der Waals surface area contributed by atoms with E-state index < -0.39 is 0 Å². The van der Waals surface area contributed by atoms with E-state index in [1.165, 1.54) is 0 Å². The van der Waals surface area contributed by atoms with Gasteiger partial charge in [-0.2, -0.15) is 0 Å². The van der Waals surface area contributed by atoms with E-state index in [2.05, 4.69) is 4.98 Å². The quantitative estimate of drug-likeness (QED) is 0.801. The molecule has 5 heteroatoms. The molecule has 0 saturated carbocycles. The van der Waals surface area contributed by atoms with Crippen LogP contribution in [-0.2, 0) is 6.42 Å². The number of hydrogen-bond donors (Lipinski definition) is 1. The molecule has 0 amide bonds. The molecule has 0 radical (unpaired) electrons. The Morgan fingerprint density at radius 1 is 1.67 bits per heavy atom. The highest BCUT2D eigenvalue weighted by atomic mass is 35.5. The first kappa shape index (κ1) is 8.04. The highest BCUT2D eigenvalue weighted by molar-refractivity contribution is 7.15. The zero-order valence-electron chi connectivity index (χ0n) is 6.33. The molecule has 0 aliphatic carbocycles. The number of halogens is 1. The number of nitrogens with zero attached hydrogens (tertiary/aromatic N) is 2. The lowest BCUT2D eigenvalue weighted by atomic mass is 10.3. The standard InChI is InChI=1S/C7H8ClN3S/c8-6-5(1-2-9)11-3-4-12-7(11)10-6/h3-4H,1-2,9H2. The zero-order chi connectivity index (χ0) is 8.55. The molecule has 0 bridgehead atoms. The van der Waals surface area contributed by atoms with Gasteiger partial charge in [-0.1, -0.05) is 11.6 Å². The molecule has 0 aliphatic rings. The van der Waals surface area contributed by atoms with Gasteiger partial charge in [0.2, 0.25) is 0 Å². The average molecular weight is 202 g/mol. The molecule has 0 unspecified atom stereocenters. The SMILES string of the molecule is NCCc1c(Cl)nc2sccn12. The summed E-state index contributed by atoms with van der Waals surface area (Å²) in [6.45, 7) is 0.601. The van der Waals surface area contributed by atoms with Crippen LogP contribution in [0, 0.1) is 0 Å². The molecule has 0 aromatic carbocycles. The summed E-state index contributed by atoms with van der Waals surface area (Å²) < 4.78 is 1.99. The van der Waals surface area contributed by atoms with Crippen LogP contribution in [0.5, 0.6) is 0 Å². The first-order valence-corrected chi connectivity index (χ1v) is 4.88. The minimum atomic E-state index is 0.576. The van der Waals surface area contributed by atoms with Gasteiger partial charge < -0.3 is 5.73 Å². The number of nitrogens with two attached hydrogens (primary N) is 1. The molecule has 64 valence electrons. The lowest BCUT2D eigenvalue weighted by Crippen LogP contribution is -2.04. The van der Waals surface area contributed by atoms with Crippen molar-refractivity contribution in [1.29, 1.82) is 0 Å². The molecule has 2 aromatic rings. The van der Waals surface area contributed by atoms with Gasteiger partial charge in [0, 0.05) is 18.0 Å². The Hall–Kier alpha value is -0.580. The number of rotatable bonds is 2. The highest BCUT2D eigenvalue weighted by Crippen LogP contribution is 2.21. The summed E-state index contributed by atoms with van der Waals surface area (Å²) in [4.78, 5) is 5.12. The van der Waals surface area contributed by atoms with Crippen LogP contribution in [0.15, 0.2) is 11.6 Å². The third-order valence-electron chi connectivity index (χ3n) is 1.69. The Morgan fingerprint density at radius 2 is 2.50 bits per heavy atom. The summed E-state index contributed by atoms with van der Waals surface area (Å²) in [6, 6.07) is 0. The molecule has 0 saturated heterocycles. The van der Waals surface area contributed by atoms with Crippen molar-refractivity contribution in [2.24, 2.45) is 5.73 Å². The van der Waals surface area contributed by atoms with E-state index in [0.717, 1.165) is 17.1 Å². The largest absolute Gasteiger partial charge is 0.330 e. The molecule has 0 aliphatic heterocycles. The summed E-state index contributed by atoms with van der Waals surface area (Å²) in [7, 11) is 0. The van der Waals surface area contributed by atoms with E-state index in [0.29, 0.717) is 11.7 Å². The van der Waals surface area contributed by atoms with Gasteiger partial charge >= 0.3 is 0 Å². The summed E-state index contributed by atoms with van der Waals surface area (Å²) in [5.74, 6) is 0. The second-order valence-corrected chi connectivity index (χ2v) is 3.67. The fraction of sp³-hybridized carbons (Fsp3) is 0.286. The second kappa shape index (κ2) is 3.05. The molecular formula is C7H8ClN3S. The predicted octanol–water partition coefficient (Wildman–Crippen LogP) is 1.55. The van der Waals surface area contributed by atoms with Crippen LogP contribution in [0.1, 0.15) is 5.69 Å². The van der Waals surface area contributed by atoms with Crippen molar-refractivity contribution < 1.29 is 0 Å². The minimum absolute atomic E-state index is 0.576. The van der Waals surface area contributed by atoms with E-state index >= 15 is 0 Å². The third kappa shape index (κ3) is 1.12. The number of fused-ring (bicyclic) bond motifs is 1. The van der Waals surface area contributed by atoms with Crippen molar-refractivity contribution in [1.82, 2.24) is 9.38 Å². The average Bonchev–Trinajstić information content (AvgIpc) is 2.56. The van der Waals surface area contributed by atoms with Crippen LogP contribution in [0.2, 0.25) is 5.15 Å². The molecule has 3 nitrogen and oxygen atoms in total. The van der Waals surface area contributed by atoms with Crippen molar-refractivity contribution in [3.05, 3.63) is 22.4 Å². The van der Waals surface area contributed by atoms with Gasteiger partial charge in [0.1, 0.15) is 0 Å². The third-order valence-corrected chi connectivity index (χ3v) is 2.75. The molecular weight excluding hydrogens is 194 g/mol. The monoisotopic (exact) mass is 201 g/mol. The predicted molar refractivity (Wildman–Crippen MR) is 50.8 cm³/mol. The van der Waals surface area contributed by atoms with Crippen molar-refractivity contribution in [2.45, 2.75) is 6.42 Å². The van der Waals surface area contributed by atoms with Gasteiger partial charge in [-0.15, -0.1) is 11.3 Å². The van der Waals surface area contributed by atoms with Crippen molar-refractivity contribution in [2.75, 3.05) is 6.54 Å². The van der Waals surface area contributed by atoms with Crippen LogP contribution in [0.4, 0.5) is 0 Å². The van der Waals surface area contributed by atoms with E-state index in [4.69, 9.17) is 17.3 Å². The molecule has 2 N–H and O–H groups in total. The molecule has 2 heterocycles. The first-order chi connectivity index (χ1) is 5.83. The van der Waals surface area contributed by atoms with E-state index in [-0.39, 0.29) is 0 Å². The Kier molecular flexibility index (Phi) is 2.04. The second-order valence-electron chi connectivity index (χ2n) is 2.44. The van der Waals surface area contributed by atoms with Crippen molar-refractivity contribution in [3.8, 4) is 0 Å². The maximum absolute atomic E-state index is 5.91. The van der Waals surface area contributed by atoms with E-state index in [1.54, 1.807) is 11.3 Å². The van der Waals surface area contributed by atoms with Gasteiger partial charge in [-0.3, -0.25) is 4.40 Å². The summed E-state index contributed by atoms with van der Waals surface area (Å²) in [6.07, 6.45) is 2.74. The number of thiazole rings is 1. The summed E-state index contributed by atoms with van der Waals surface area (Å²) >= 11 is 7.48. The van der Waals surface area contributed by atoms with Crippen LogP contribution in [0.3, 0.4) is 0 Å². The molecule has 0 atom stereocenters. The van der Waals surface area contributed by atoms with Gasteiger partial charge in [0.25, 0.3) is 0 Å². The Morgan fingerprint density at radius 3 is 3.25 bits per heavy atom. The van der Waals surface area contributed by atoms with E-state index in [9.17, 15) is 0 Å². The van der Waals surface area contributed by atoms with Crippen molar-refractivity contribution in [3.63, 3.8) is 0 Å². The van der Waals surface area contributed by atoms with Crippen LogP contribution in [-0.4, -0.2) is 15.9 Å². The van der Waals surface area contributed by atoms with Crippen LogP contribution in [0.25, 0.3) is 4.96 Å². The maximum Gasteiger partial charge on any atom is 0.195 e. The molecule has 0 spiro atoms. The summed E-state index contributed by atoms with van der Waals surface area (Å²) in [5.41, 5.74) is 6.46.